The molecule has 3 rings (SSSR count). The van der Waals surface area contributed by atoms with E-state index in [0.29, 0.717) is 23.0 Å². The molecule has 6 heteroatoms. The fourth-order valence-corrected chi connectivity index (χ4v) is 2.66. The Morgan fingerprint density at radius 3 is 2.81 bits per heavy atom. The maximum atomic E-state index is 13.2. The number of rotatable bonds is 2. The Balaban J connectivity index is 1.92. The van der Waals surface area contributed by atoms with Crippen molar-refractivity contribution in [1.82, 2.24) is 0 Å². The van der Waals surface area contributed by atoms with E-state index in [0.717, 1.165) is 22.6 Å². The second kappa shape index (κ2) is 5.37. The smallest absolute Gasteiger partial charge is 0.224 e. The molecule has 1 aliphatic rings. The molecular weight excluding hydrogens is 337 g/mol. The lowest BCUT2D eigenvalue weighted by molar-refractivity contribution is -0.116. The number of carbonyl (C=O) groups is 1. The van der Waals surface area contributed by atoms with E-state index in [9.17, 15) is 9.18 Å². The molecule has 2 aromatic rings. The van der Waals surface area contributed by atoms with Crippen molar-refractivity contribution < 1.29 is 9.18 Å². The minimum Gasteiger partial charge on any atom is -0.397 e. The largest absolute Gasteiger partial charge is 0.397 e. The summed E-state index contributed by atoms with van der Waals surface area (Å²) < 4.78 is 13.6. The summed E-state index contributed by atoms with van der Waals surface area (Å²) in [6.07, 6.45) is 1.15. The molecule has 0 radical (unpaired) electrons. The molecule has 1 heterocycles. The summed E-state index contributed by atoms with van der Waals surface area (Å²) in [5.41, 5.74) is 9.79. The number of hydrogen-bond acceptors (Lipinski definition) is 3. The average Bonchev–Trinajstić information content (AvgIpc) is 2.44. The summed E-state index contributed by atoms with van der Waals surface area (Å²) in [5, 5.41) is 5.97. The van der Waals surface area contributed by atoms with Crippen molar-refractivity contribution in [3.05, 3.63) is 46.2 Å². The van der Waals surface area contributed by atoms with E-state index in [1.165, 1.54) is 6.07 Å². The summed E-state index contributed by atoms with van der Waals surface area (Å²) in [7, 11) is 0. The van der Waals surface area contributed by atoms with Gasteiger partial charge in [0, 0.05) is 17.8 Å². The first-order valence-electron chi connectivity index (χ1n) is 6.47. The molecular formula is C15H13BrFN3O. The Morgan fingerprint density at radius 1 is 1.24 bits per heavy atom. The fourth-order valence-electron chi connectivity index (χ4n) is 2.28. The molecule has 1 amide bonds. The lowest BCUT2D eigenvalue weighted by Crippen LogP contribution is -2.19. The zero-order valence-corrected chi connectivity index (χ0v) is 12.6. The van der Waals surface area contributed by atoms with Crippen LogP contribution in [0.1, 0.15) is 12.0 Å². The number of anilines is 4. The Kier molecular flexibility index (Phi) is 3.55. The number of aryl methyl sites for hydroxylation is 1. The normalized spacial score (nSPS) is 13.5. The first kappa shape index (κ1) is 13.9. The summed E-state index contributed by atoms with van der Waals surface area (Å²) >= 11 is 3.15. The Bertz CT molecular complexity index is 733. The molecule has 108 valence electrons. The molecule has 2 aromatic carbocycles. The minimum absolute atomic E-state index is 0.00470. The van der Waals surface area contributed by atoms with Crippen LogP contribution in [0.4, 0.5) is 27.1 Å². The Labute approximate surface area is 129 Å². The lowest BCUT2D eigenvalue weighted by atomic mass is 10.0. The predicted octanol–water partition coefficient (Wildman–Crippen LogP) is 3.80. The van der Waals surface area contributed by atoms with Crippen LogP contribution in [-0.2, 0) is 11.2 Å². The van der Waals surface area contributed by atoms with Crippen molar-refractivity contribution in [2.24, 2.45) is 0 Å². The molecule has 0 unspecified atom stereocenters. The number of fused-ring (bicyclic) bond motifs is 1. The van der Waals surface area contributed by atoms with Gasteiger partial charge in [-0.15, -0.1) is 0 Å². The van der Waals surface area contributed by atoms with E-state index < -0.39 is 0 Å². The van der Waals surface area contributed by atoms with Crippen molar-refractivity contribution in [1.29, 1.82) is 0 Å². The van der Waals surface area contributed by atoms with Gasteiger partial charge in [0.2, 0.25) is 5.91 Å². The third-order valence-electron chi connectivity index (χ3n) is 3.37. The van der Waals surface area contributed by atoms with Crippen LogP contribution >= 0.6 is 15.9 Å². The summed E-state index contributed by atoms with van der Waals surface area (Å²) in [5.74, 6) is -0.313. The van der Waals surface area contributed by atoms with Crippen LogP contribution in [-0.4, -0.2) is 5.91 Å². The Hall–Kier alpha value is -2.08. The topological polar surface area (TPSA) is 67.1 Å². The minimum atomic E-state index is -0.318. The summed E-state index contributed by atoms with van der Waals surface area (Å²) in [4.78, 5) is 11.4. The van der Waals surface area contributed by atoms with Crippen LogP contribution < -0.4 is 16.4 Å². The second-order valence-electron chi connectivity index (χ2n) is 4.90. The van der Waals surface area contributed by atoms with E-state index in [1.54, 1.807) is 18.2 Å². The third kappa shape index (κ3) is 2.85. The van der Waals surface area contributed by atoms with Crippen molar-refractivity contribution in [2.75, 3.05) is 16.4 Å². The molecule has 0 bridgehead atoms. The molecule has 0 fully saturated rings. The van der Waals surface area contributed by atoms with Gasteiger partial charge in [0.25, 0.3) is 0 Å². The van der Waals surface area contributed by atoms with Crippen molar-refractivity contribution in [2.45, 2.75) is 12.8 Å². The number of nitrogens with two attached hydrogens (primary N) is 1. The quantitative estimate of drug-likeness (QED) is 0.722. The van der Waals surface area contributed by atoms with Gasteiger partial charge in [0.05, 0.1) is 15.8 Å². The first-order valence-corrected chi connectivity index (χ1v) is 7.26. The van der Waals surface area contributed by atoms with Gasteiger partial charge >= 0.3 is 0 Å². The molecule has 0 atom stereocenters. The SMILES string of the molecule is Nc1cc2c(cc1Nc1ccc(F)c(Br)c1)CCC(=O)N2. The summed E-state index contributed by atoms with van der Waals surface area (Å²) in [6.45, 7) is 0. The van der Waals surface area contributed by atoms with Gasteiger partial charge in [-0.1, -0.05) is 0 Å². The third-order valence-corrected chi connectivity index (χ3v) is 3.98. The van der Waals surface area contributed by atoms with Crippen LogP contribution in [0.15, 0.2) is 34.8 Å². The highest BCUT2D eigenvalue weighted by molar-refractivity contribution is 9.10. The van der Waals surface area contributed by atoms with Gasteiger partial charge in [-0.05, 0) is 58.2 Å². The van der Waals surface area contributed by atoms with E-state index in [-0.39, 0.29) is 11.7 Å². The van der Waals surface area contributed by atoms with Crippen molar-refractivity contribution >= 4 is 44.6 Å². The van der Waals surface area contributed by atoms with Crippen molar-refractivity contribution in [3.63, 3.8) is 0 Å². The fraction of sp³-hybridized carbons (Fsp3) is 0.133. The van der Waals surface area contributed by atoms with Gasteiger partial charge in [-0.25, -0.2) is 4.39 Å². The highest BCUT2D eigenvalue weighted by Crippen LogP contribution is 2.33. The number of hydrogen-bond donors (Lipinski definition) is 3. The van der Waals surface area contributed by atoms with Gasteiger partial charge in [-0.2, -0.15) is 0 Å². The van der Waals surface area contributed by atoms with E-state index in [4.69, 9.17) is 5.73 Å². The van der Waals surface area contributed by atoms with Gasteiger partial charge in [0.15, 0.2) is 0 Å². The highest BCUT2D eigenvalue weighted by Gasteiger charge is 2.16. The molecule has 0 saturated heterocycles. The predicted molar refractivity (Wildman–Crippen MR) is 85.2 cm³/mol. The average molecular weight is 350 g/mol. The van der Waals surface area contributed by atoms with E-state index in [1.807, 2.05) is 6.07 Å². The first-order chi connectivity index (χ1) is 10.0. The lowest BCUT2D eigenvalue weighted by Gasteiger charge is -2.20. The van der Waals surface area contributed by atoms with Gasteiger partial charge < -0.3 is 16.4 Å². The highest BCUT2D eigenvalue weighted by atomic mass is 79.9. The second-order valence-corrected chi connectivity index (χ2v) is 5.75. The van der Waals surface area contributed by atoms with Gasteiger partial charge in [-0.3, -0.25) is 4.79 Å². The number of amides is 1. The molecule has 0 aliphatic carbocycles. The number of benzene rings is 2. The molecule has 0 saturated carbocycles. The molecule has 0 spiro atoms. The molecule has 1 aliphatic heterocycles. The molecule has 4 nitrogen and oxygen atoms in total. The van der Waals surface area contributed by atoms with E-state index >= 15 is 0 Å². The van der Waals surface area contributed by atoms with Crippen LogP contribution in [0.2, 0.25) is 0 Å². The van der Waals surface area contributed by atoms with Crippen LogP contribution in [0.25, 0.3) is 0 Å². The van der Waals surface area contributed by atoms with Crippen LogP contribution in [0.3, 0.4) is 0 Å². The molecule has 21 heavy (non-hydrogen) atoms. The van der Waals surface area contributed by atoms with E-state index in [2.05, 4.69) is 26.6 Å². The maximum Gasteiger partial charge on any atom is 0.224 e. The number of nitrogen functional groups attached to an aromatic ring is 1. The number of carbonyl (C=O) groups excluding carboxylic acids is 1. The maximum absolute atomic E-state index is 13.2. The number of halogens is 2. The summed E-state index contributed by atoms with van der Waals surface area (Å²) in [6, 6.07) is 8.33. The monoisotopic (exact) mass is 349 g/mol. The van der Waals surface area contributed by atoms with Crippen LogP contribution in [0, 0.1) is 5.82 Å². The Morgan fingerprint density at radius 2 is 2.05 bits per heavy atom. The standard InChI is InChI=1S/C15H13BrFN3O/c16-10-6-9(2-3-11(10)17)19-14-5-8-1-4-15(21)20-13(8)7-12(14)18/h2-3,5-7,19H,1,4,18H2,(H,20,21). The zero-order valence-electron chi connectivity index (χ0n) is 11.0. The van der Waals surface area contributed by atoms with Crippen LogP contribution in [0.5, 0.6) is 0 Å². The molecule has 4 N–H and O–H groups in total. The number of nitrogens with one attached hydrogen (secondary N) is 2. The molecule has 0 aromatic heterocycles. The zero-order chi connectivity index (χ0) is 15.0. The van der Waals surface area contributed by atoms with Crippen molar-refractivity contribution in [3.8, 4) is 0 Å². The van der Waals surface area contributed by atoms with Gasteiger partial charge in [0.1, 0.15) is 5.82 Å².